The molecular formula is C20H23N3O3. The van der Waals surface area contributed by atoms with E-state index in [1.807, 2.05) is 50.2 Å². The van der Waals surface area contributed by atoms with E-state index in [1.54, 1.807) is 17.2 Å². The molecule has 6 heteroatoms. The van der Waals surface area contributed by atoms with Gasteiger partial charge < -0.3 is 9.32 Å². The Morgan fingerprint density at radius 2 is 2.04 bits per heavy atom. The van der Waals surface area contributed by atoms with Crippen LogP contribution in [0.25, 0.3) is 0 Å². The number of carbonyl (C=O) groups is 2. The van der Waals surface area contributed by atoms with Crippen molar-refractivity contribution in [1.29, 1.82) is 0 Å². The molecule has 0 saturated carbocycles. The molecule has 6 nitrogen and oxygen atoms in total. The van der Waals surface area contributed by atoms with Gasteiger partial charge in [-0.2, -0.15) is 5.10 Å². The maximum Gasteiger partial charge on any atom is 0.245 e. The first kappa shape index (κ1) is 17.9. The Kier molecular flexibility index (Phi) is 5.51. The SMILES string of the molecule is CC(C)/C(=N\NC(=O)C1CC(=O)N(Cc2ccco2)C1)c1ccccc1. The Hall–Kier alpha value is -2.89. The van der Waals surface area contributed by atoms with Crippen LogP contribution in [0.2, 0.25) is 0 Å². The van der Waals surface area contributed by atoms with E-state index in [0.29, 0.717) is 18.8 Å². The van der Waals surface area contributed by atoms with Gasteiger partial charge in [-0.3, -0.25) is 9.59 Å². The van der Waals surface area contributed by atoms with Crippen LogP contribution in [0.4, 0.5) is 0 Å². The highest BCUT2D eigenvalue weighted by Crippen LogP contribution is 2.20. The Morgan fingerprint density at radius 3 is 2.69 bits per heavy atom. The third kappa shape index (κ3) is 4.20. The van der Waals surface area contributed by atoms with Crippen molar-refractivity contribution >= 4 is 17.5 Å². The minimum Gasteiger partial charge on any atom is -0.467 e. The lowest BCUT2D eigenvalue weighted by Crippen LogP contribution is -2.31. The van der Waals surface area contributed by atoms with Gasteiger partial charge in [0, 0.05) is 13.0 Å². The topological polar surface area (TPSA) is 74.9 Å². The number of benzene rings is 1. The number of carbonyl (C=O) groups excluding carboxylic acids is 2. The summed E-state index contributed by atoms with van der Waals surface area (Å²) in [7, 11) is 0. The van der Waals surface area contributed by atoms with Gasteiger partial charge in [0.05, 0.1) is 24.4 Å². The molecule has 1 aliphatic rings. The standard InChI is InChI=1S/C20H23N3O3/c1-14(2)19(15-7-4-3-5-8-15)21-22-20(25)16-11-18(24)23(12-16)13-17-9-6-10-26-17/h3-10,14,16H,11-13H2,1-2H3,(H,22,25)/b21-19+. The van der Waals surface area contributed by atoms with Crippen molar-refractivity contribution in [2.45, 2.75) is 26.8 Å². The second-order valence-corrected chi connectivity index (χ2v) is 6.75. The van der Waals surface area contributed by atoms with Gasteiger partial charge in [0.25, 0.3) is 0 Å². The van der Waals surface area contributed by atoms with Gasteiger partial charge in [-0.25, -0.2) is 5.43 Å². The van der Waals surface area contributed by atoms with Crippen LogP contribution in [0, 0.1) is 11.8 Å². The van der Waals surface area contributed by atoms with Crippen LogP contribution in [0.3, 0.4) is 0 Å². The highest BCUT2D eigenvalue weighted by molar-refractivity contribution is 6.02. The van der Waals surface area contributed by atoms with E-state index in [0.717, 1.165) is 11.3 Å². The van der Waals surface area contributed by atoms with Crippen molar-refractivity contribution in [2.24, 2.45) is 16.9 Å². The second-order valence-electron chi connectivity index (χ2n) is 6.75. The average Bonchev–Trinajstić information content (AvgIpc) is 3.26. The van der Waals surface area contributed by atoms with Crippen molar-refractivity contribution in [3.8, 4) is 0 Å². The van der Waals surface area contributed by atoms with Crippen LogP contribution in [-0.4, -0.2) is 29.0 Å². The first-order valence-corrected chi connectivity index (χ1v) is 8.77. The van der Waals surface area contributed by atoms with E-state index in [4.69, 9.17) is 4.42 Å². The number of furan rings is 1. The molecule has 1 unspecified atom stereocenters. The number of hydrogen-bond acceptors (Lipinski definition) is 4. The van der Waals surface area contributed by atoms with E-state index in [2.05, 4.69) is 10.5 Å². The Labute approximate surface area is 152 Å². The minimum atomic E-state index is -0.398. The smallest absolute Gasteiger partial charge is 0.245 e. The highest BCUT2D eigenvalue weighted by atomic mass is 16.3. The number of nitrogens with one attached hydrogen (secondary N) is 1. The summed E-state index contributed by atoms with van der Waals surface area (Å²) in [5, 5.41) is 4.33. The largest absolute Gasteiger partial charge is 0.467 e. The van der Waals surface area contributed by atoms with Gasteiger partial charge in [0.2, 0.25) is 11.8 Å². The number of rotatable bonds is 6. The third-order valence-corrected chi connectivity index (χ3v) is 4.42. The average molecular weight is 353 g/mol. The van der Waals surface area contributed by atoms with Crippen molar-refractivity contribution in [1.82, 2.24) is 10.3 Å². The molecule has 26 heavy (non-hydrogen) atoms. The van der Waals surface area contributed by atoms with Crippen molar-refractivity contribution in [3.05, 3.63) is 60.1 Å². The Morgan fingerprint density at radius 1 is 1.27 bits per heavy atom. The van der Waals surface area contributed by atoms with Crippen molar-refractivity contribution < 1.29 is 14.0 Å². The van der Waals surface area contributed by atoms with Crippen LogP contribution in [0.15, 0.2) is 58.2 Å². The first-order valence-electron chi connectivity index (χ1n) is 8.77. The summed E-state index contributed by atoms with van der Waals surface area (Å²) < 4.78 is 5.28. The van der Waals surface area contributed by atoms with E-state index < -0.39 is 5.92 Å². The maximum atomic E-state index is 12.5. The van der Waals surface area contributed by atoms with Gasteiger partial charge in [-0.1, -0.05) is 44.2 Å². The molecule has 2 heterocycles. The summed E-state index contributed by atoms with van der Waals surface area (Å²) in [5.41, 5.74) is 4.44. The molecule has 0 aliphatic carbocycles. The summed E-state index contributed by atoms with van der Waals surface area (Å²) in [6.45, 7) is 4.83. The first-order chi connectivity index (χ1) is 12.5. The third-order valence-electron chi connectivity index (χ3n) is 4.42. The summed E-state index contributed by atoms with van der Waals surface area (Å²) in [6.07, 6.45) is 1.77. The summed E-state index contributed by atoms with van der Waals surface area (Å²) in [5.74, 6) is 0.208. The van der Waals surface area contributed by atoms with Crippen LogP contribution in [0.1, 0.15) is 31.6 Å². The molecule has 136 valence electrons. The Balaban J connectivity index is 1.63. The van der Waals surface area contributed by atoms with E-state index in [9.17, 15) is 9.59 Å². The number of amides is 2. The number of nitrogens with zero attached hydrogens (tertiary/aromatic N) is 2. The van der Waals surface area contributed by atoms with Crippen LogP contribution >= 0.6 is 0 Å². The summed E-state index contributed by atoms with van der Waals surface area (Å²) >= 11 is 0. The number of hydrazone groups is 1. The number of hydrogen-bond donors (Lipinski definition) is 1. The lowest BCUT2D eigenvalue weighted by atomic mass is 10.0. The zero-order valence-electron chi connectivity index (χ0n) is 15.0. The molecule has 1 aromatic heterocycles. The zero-order chi connectivity index (χ0) is 18.5. The molecular weight excluding hydrogens is 330 g/mol. The lowest BCUT2D eigenvalue weighted by Gasteiger charge is -2.15. The second kappa shape index (κ2) is 7.99. The molecule has 2 amide bonds. The fraction of sp³-hybridized carbons (Fsp3) is 0.350. The predicted molar refractivity (Wildman–Crippen MR) is 98.2 cm³/mol. The molecule has 1 N–H and O–H groups in total. The van der Waals surface area contributed by atoms with E-state index >= 15 is 0 Å². The van der Waals surface area contributed by atoms with Gasteiger partial charge in [-0.05, 0) is 23.6 Å². The molecule has 1 aliphatic heterocycles. The molecule has 1 aromatic carbocycles. The normalized spacial score (nSPS) is 17.8. The van der Waals surface area contributed by atoms with Gasteiger partial charge >= 0.3 is 0 Å². The van der Waals surface area contributed by atoms with Gasteiger partial charge in [-0.15, -0.1) is 0 Å². The summed E-state index contributed by atoms with van der Waals surface area (Å²) in [6, 6.07) is 13.4. The van der Waals surface area contributed by atoms with Crippen LogP contribution in [0.5, 0.6) is 0 Å². The molecule has 1 atom stereocenters. The lowest BCUT2D eigenvalue weighted by molar-refractivity contribution is -0.129. The Bertz CT molecular complexity index is 782. The molecule has 1 fully saturated rings. The van der Waals surface area contributed by atoms with Crippen molar-refractivity contribution in [2.75, 3.05) is 6.54 Å². The number of likely N-dealkylation sites (tertiary alicyclic amines) is 1. The fourth-order valence-electron chi connectivity index (χ4n) is 3.03. The van der Waals surface area contributed by atoms with E-state index in [1.165, 1.54) is 0 Å². The maximum absolute atomic E-state index is 12.5. The predicted octanol–water partition coefficient (Wildman–Crippen LogP) is 2.80. The zero-order valence-corrected chi connectivity index (χ0v) is 15.0. The van der Waals surface area contributed by atoms with Crippen molar-refractivity contribution in [3.63, 3.8) is 0 Å². The van der Waals surface area contributed by atoms with Gasteiger partial charge in [0.1, 0.15) is 5.76 Å². The van der Waals surface area contributed by atoms with E-state index in [-0.39, 0.29) is 24.2 Å². The molecule has 0 spiro atoms. The molecule has 0 radical (unpaired) electrons. The molecule has 1 saturated heterocycles. The van der Waals surface area contributed by atoms with Crippen LogP contribution < -0.4 is 5.43 Å². The monoisotopic (exact) mass is 353 g/mol. The summed E-state index contributed by atoms with van der Waals surface area (Å²) in [4.78, 5) is 26.3. The molecule has 2 aromatic rings. The molecule has 0 bridgehead atoms. The van der Waals surface area contributed by atoms with Gasteiger partial charge in [0.15, 0.2) is 0 Å². The quantitative estimate of drug-likeness (QED) is 0.641. The van der Waals surface area contributed by atoms with Crippen LogP contribution in [-0.2, 0) is 16.1 Å². The fourth-order valence-corrected chi connectivity index (χ4v) is 3.03. The highest BCUT2D eigenvalue weighted by Gasteiger charge is 2.34. The minimum absolute atomic E-state index is 0.0438. The molecule has 3 rings (SSSR count).